The molecule has 6 heteroatoms. The summed E-state index contributed by atoms with van der Waals surface area (Å²) in [6.07, 6.45) is 0. The van der Waals surface area contributed by atoms with Crippen molar-refractivity contribution >= 4 is 17.1 Å². The van der Waals surface area contributed by atoms with Gasteiger partial charge in [0.15, 0.2) is 0 Å². The molecule has 0 heterocycles. The van der Waals surface area contributed by atoms with E-state index in [0.717, 1.165) is 12.1 Å². The number of rotatable bonds is 3. The normalized spacial score (nSPS) is 9.85. The molecular formula is C14H10FN3O2. The van der Waals surface area contributed by atoms with Crippen LogP contribution in [0, 0.1) is 27.3 Å². The molecule has 0 unspecified atom stereocenters. The third-order valence-corrected chi connectivity index (χ3v) is 2.88. The van der Waals surface area contributed by atoms with Gasteiger partial charge in [0.05, 0.1) is 22.2 Å². The van der Waals surface area contributed by atoms with Crippen molar-refractivity contribution in [3.05, 3.63) is 64.0 Å². The van der Waals surface area contributed by atoms with Gasteiger partial charge in [0.1, 0.15) is 17.6 Å². The lowest BCUT2D eigenvalue weighted by atomic mass is 10.1. The van der Waals surface area contributed by atoms with E-state index in [0.29, 0.717) is 11.3 Å². The molecule has 0 saturated heterocycles. The first-order valence-electron chi connectivity index (χ1n) is 5.71. The monoisotopic (exact) mass is 271 g/mol. The molecule has 2 aromatic carbocycles. The SMILES string of the molecule is CN(c1ccccc1C#N)c1ccc(F)cc1[N+](=O)[O-]. The maximum Gasteiger partial charge on any atom is 0.295 e. The van der Waals surface area contributed by atoms with E-state index in [9.17, 15) is 14.5 Å². The molecule has 0 aliphatic rings. The molecule has 0 fully saturated rings. The summed E-state index contributed by atoms with van der Waals surface area (Å²) in [4.78, 5) is 11.9. The molecule has 0 spiro atoms. The first-order chi connectivity index (χ1) is 9.54. The largest absolute Gasteiger partial charge is 0.338 e. The lowest BCUT2D eigenvalue weighted by Gasteiger charge is -2.20. The van der Waals surface area contributed by atoms with Crippen LogP contribution in [0.5, 0.6) is 0 Å². The Bertz CT molecular complexity index is 710. The van der Waals surface area contributed by atoms with Crippen molar-refractivity contribution < 1.29 is 9.31 Å². The van der Waals surface area contributed by atoms with Crippen molar-refractivity contribution in [2.24, 2.45) is 0 Å². The average molecular weight is 271 g/mol. The Morgan fingerprint density at radius 3 is 2.60 bits per heavy atom. The van der Waals surface area contributed by atoms with Gasteiger partial charge in [-0.25, -0.2) is 4.39 Å². The Balaban J connectivity index is 2.57. The van der Waals surface area contributed by atoms with Crippen LogP contribution in [0.4, 0.5) is 21.5 Å². The van der Waals surface area contributed by atoms with E-state index in [-0.39, 0.29) is 11.4 Å². The molecule has 0 atom stereocenters. The van der Waals surface area contributed by atoms with E-state index < -0.39 is 10.7 Å². The quantitative estimate of drug-likeness (QED) is 0.633. The minimum Gasteiger partial charge on any atom is -0.338 e. The average Bonchev–Trinajstić information content (AvgIpc) is 2.46. The molecular weight excluding hydrogens is 261 g/mol. The zero-order chi connectivity index (χ0) is 14.7. The number of hydrogen-bond acceptors (Lipinski definition) is 4. The molecule has 2 aromatic rings. The summed E-state index contributed by atoms with van der Waals surface area (Å²) in [5, 5.41) is 20.1. The lowest BCUT2D eigenvalue weighted by molar-refractivity contribution is -0.384. The van der Waals surface area contributed by atoms with E-state index in [4.69, 9.17) is 5.26 Å². The van der Waals surface area contributed by atoms with Crippen molar-refractivity contribution in [2.45, 2.75) is 0 Å². The summed E-state index contributed by atoms with van der Waals surface area (Å²) in [6.45, 7) is 0. The molecule has 0 aliphatic carbocycles. The topological polar surface area (TPSA) is 70.2 Å². The number of para-hydroxylation sites is 1. The molecule has 0 bridgehead atoms. The molecule has 0 saturated carbocycles. The summed E-state index contributed by atoms with van der Waals surface area (Å²) in [6, 6.07) is 12.1. The van der Waals surface area contributed by atoms with Gasteiger partial charge in [-0.05, 0) is 24.3 Å². The van der Waals surface area contributed by atoms with Gasteiger partial charge >= 0.3 is 0 Å². The van der Waals surface area contributed by atoms with Crippen molar-refractivity contribution in [1.29, 1.82) is 5.26 Å². The molecule has 100 valence electrons. The summed E-state index contributed by atoms with van der Waals surface area (Å²) < 4.78 is 13.1. The van der Waals surface area contributed by atoms with Crippen LogP contribution in [0.15, 0.2) is 42.5 Å². The first kappa shape index (κ1) is 13.5. The van der Waals surface area contributed by atoms with Crippen LogP contribution in [0.25, 0.3) is 0 Å². The Labute approximate surface area is 114 Å². The minimum atomic E-state index is -0.678. The summed E-state index contributed by atoms with van der Waals surface area (Å²) in [5.41, 5.74) is 0.776. The second-order valence-corrected chi connectivity index (χ2v) is 4.08. The van der Waals surface area contributed by atoms with Crippen LogP contribution in [0.2, 0.25) is 0 Å². The summed E-state index contributed by atoms with van der Waals surface area (Å²) in [7, 11) is 1.59. The fraction of sp³-hybridized carbons (Fsp3) is 0.0714. The zero-order valence-electron chi connectivity index (χ0n) is 10.6. The van der Waals surface area contributed by atoms with Crippen LogP contribution in [0.3, 0.4) is 0 Å². The molecule has 0 aliphatic heterocycles. The van der Waals surface area contributed by atoms with Gasteiger partial charge < -0.3 is 4.90 Å². The second-order valence-electron chi connectivity index (χ2n) is 4.08. The number of hydrogen-bond donors (Lipinski definition) is 0. The number of benzene rings is 2. The highest BCUT2D eigenvalue weighted by molar-refractivity contribution is 5.74. The van der Waals surface area contributed by atoms with E-state index in [1.807, 2.05) is 6.07 Å². The van der Waals surface area contributed by atoms with Crippen LogP contribution in [-0.2, 0) is 0 Å². The van der Waals surface area contributed by atoms with Gasteiger partial charge in [-0.3, -0.25) is 10.1 Å². The molecule has 0 aromatic heterocycles. The molecule has 0 radical (unpaired) electrons. The summed E-state index contributed by atoms with van der Waals surface area (Å²) >= 11 is 0. The molecule has 2 rings (SSSR count). The van der Waals surface area contributed by atoms with Crippen LogP contribution < -0.4 is 4.90 Å². The standard InChI is InChI=1S/C14H10FN3O2/c1-17(12-5-3-2-4-10(12)9-16)13-7-6-11(15)8-14(13)18(19)20/h2-8H,1H3. The fourth-order valence-corrected chi connectivity index (χ4v) is 1.92. The van der Waals surface area contributed by atoms with Gasteiger partial charge in [-0.2, -0.15) is 5.26 Å². The van der Waals surface area contributed by atoms with Crippen molar-refractivity contribution in [1.82, 2.24) is 0 Å². The molecule has 0 amide bonds. The van der Waals surface area contributed by atoms with Crippen molar-refractivity contribution in [2.75, 3.05) is 11.9 Å². The van der Waals surface area contributed by atoms with E-state index in [1.54, 1.807) is 31.3 Å². The van der Waals surface area contributed by atoms with Gasteiger partial charge in [-0.1, -0.05) is 12.1 Å². The highest BCUT2D eigenvalue weighted by Gasteiger charge is 2.20. The maximum absolute atomic E-state index is 13.1. The molecule has 0 N–H and O–H groups in total. The number of nitro groups is 1. The number of halogens is 1. The van der Waals surface area contributed by atoms with Gasteiger partial charge in [0.25, 0.3) is 5.69 Å². The van der Waals surface area contributed by atoms with Crippen LogP contribution in [-0.4, -0.2) is 12.0 Å². The third kappa shape index (κ3) is 2.42. The third-order valence-electron chi connectivity index (χ3n) is 2.88. The van der Waals surface area contributed by atoms with Crippen molar-refractivity contribution in [3.8, 4) is 6.07 Å². The molecule has 20 heavy (non-hydrogen) atoms. The highest BCUT2D eigenvalue weighted by Crippen LogP contribution is 2.34. The number of nitro benzene ring substituents is 1. The number of nitriles is 1. The second kappa shape index (κ2) is 5.36. The van der Waals surface area contributed by atoms with E-state index >= 15 is 0 Å². The highest BCUT2D eigenvalue weighted by atomic mass is 19.1. The predicted octanol–water partition coefficient (Wildman–Crippen LogP) is 3.37. The van der Waals surface area contributed by atoms with E-state index in [1.165, 1.54) is 11.0 Å². The maximum atomic E-state index is 13.1. The fourth-order valence-electron chi connectivity index (χ4n) is 1.92. The lowest BCUT2D eigenvalue weighted by Crippen LogP contribution is -2.13. The van der Waals surface area contributed by atoms with Crippen molar-refractivity contribution in [3.63, 3.8) is 0 Å². The Morgan fingerprint density at radius 1 is 1.25 bits per heavy atom. The summed E-state index contributed by atoms with van der Waals surface area (Å²) in [5.74, 6) is -0.678. The van der Waals surface area contributed by atoms with Gasteiger partial charge in [0.2, 0.25) is 0 Å². The smallest absolute Gasteiger partial charge is 0.295 e. The minimum absolute atomic E-state index is 0.221. The van der Waals surface area contributed by atoms with Gasteiger partial charge in [-0.15, -0.1) is 0 Å². The van der Waals surface area contributed by atoms with Crippen LogP contribution in [0.1, 0.15) is 5.56 Å². The Morgan fingerprint density at radius 2 is 1.95 bits per heavy atom. The van der Waals surface area contributed by atoms with E-state index in [2.05, 4.69) is 0 Å². The Hall–Kier alpha value is -2.94. The Kier molecular flexibility index (Phi) is 3.62. The zero-order valence-corrected chi connectivity index (χ0v) is 10.6. The molecule has 5 nitrogen and oxygen atoms in total. The van der Waals surface area contributed by atoms with Crippen LogP contribution >= 0.6 is 0 Å². The number of anilines is 2. The first-order valence-corrected chi connectivity index (χ1v) is 5.71. The predicted molar refractivity (Wildman–Crippen MR) is 72.3 cm³/mol. The van der Waals surface area contributed by atoms with Gasteiger partial charge in [0, 0.05) is 7.05 Å². The number of nitrogens with zero attached hydrogens (tertiary/aromatic N) is 3.